The fourth-order valence-electron chi connectivity index (χ4n) is 4.38. The van der Waals surface area contributed by atoms with Crippen molar-refractivity contribution in [3.05, 3.63) is 29.8 Å². The predicted octanol–water partition coefficient (Wildman–Crippen LogP) is 1.02. The standard InChI is InChI=1S/C21H25N3O6/c1-2-29-18(26)14-7-10-23(11-8-14)17(25)13-24-19(27)21(22-20(24)28)9-12-30-16-6-4-3-5-15(16)21/h3-6,14H,2,7-13H2,1H3,(H,22,28). The summed E-state index contributed by atoms with van der Waals surface area (Å²) in [5.41, 5.74) is -0.580. The summed E-state index contributed by atoms with van der Waals surface area (Å²) in [5, 5.41) is 2.80. The molecule has 4 amide bonds. The van der Waals surface area contributed by atoms with Crippen molar-refractivity contribution in [3.63, 3.8) is 0 Å². The molecule has 1 N–H and O–H groups in total. The molecule has 2 saturated heterocycles. The van der Waals surface area contributed by atoms with Gasteiger partial charge >= 0.3 is 12.0 Å². The number of benzene rings is 1. The lowest BCUT2D eigenvalue weighted by Gasteiger charge is -2.33. The second-order valence-corrected chi connectivity index (χ2v) is 7.73. The Morgan fingerprint density at radius 2 is 1.97 bits per heavy atom. The Hall–Kier alpha value is -3.10. The molecule has 1 aromatic carbocycles. The van der Waals surface area contributed by atoms with Gasteiger partial charge in [-0.15, -0.1) is 0 Å². The molecule has 3 aliphatic rings. The number of carbonyl (C=O) groups is 4. The second kappa shape index (κ2) is 7.97. The molecular weight excluding hydrogens is 390 g/mol. The number of hydrogen-bond donors (Lipinski definition) is 1. The molecule has 0 bridgehead atoms. The average molecular weight is 415 g/mol. The van der Waals surface area contributed by atoms with Gasteiger partial charge in [0.15, 0.2) is 5.54 Å². The summed E-state index contributed by atoms with van der Waals surface area (Å²) in [6.07, 6.45) is 1.34. The molecule has 3 heterocycles. The normalized spacial score (nSPS) is 23.8. The number of esters is 1. The molecule has 0 saturated carbocycles. The summed E-state index contributed by atoms with van der Waals surface area (Å²) in [7, 11) is 0. The number of piperidine rings is 1. The second-order valence-electron chi connectivity index (χ2n) is 7.73. The average Bonchev–Trinajstić information content (AvgIpc) is 2.99. The summed E-state index contributed by atoms with van der Waals surface area (Å²) in [6, 6.07) is 6.54. The van der Waals surface area contributed by atoms with Crippen LogP contribution in [0, 0.1) is 5.92 Å². The van der Waals surface area contributed by atoms with Gasteiger partial charge < -0.3 is 19.7 Å². The third-order valence-corrected chi connectivity index (χ3v) is 6.02. The molecule has 0 radical (unpaired) electrons. The van der Waals surface area contributed by atoms with Gasteiger partial charge in [0.25, 0.3) is 5.91 Å². The molecule has 2 fully saturated rings. The van der Waals surface area contributed by atoms with Crippen molar-refractivity contribution in [1.29, 1.82) is 0 Å². The highest BCUT2D eigenvalue weighted by atomic mass is 16.5. The molecule has 1 spiro atoms. The number of nitrogens with zero attached hydrogens (tertiary/aromatic N) is 2. The SMILES string of the molecule is CCOC(=O)C1CCN(C(=O)CN2C(=O)NC3(CCOc4ccccc43)C2=O)CC1. The van der Waals surface area contributed by atoms with Crippen LogP contribution in [0.15, 0.2) is 24.3 Å². The first-order chi connectivity index (χ1) is 14.5. The predicted molar refractivity (Wildman–Crippen MR) is 104 cm³/mol. The molecule has 1 atom stereocenters. The number of rotatable bonds is 4. The van der Waals surface area contributed by atoms with E-state index in [0.29, 0.717) is 56.9 Å². The van der Waals surface area contributed by atoms with Crippen LogP contribution in [0.25, 0.3) is 0 Å². The number of carbonyl (C=O) groups excluding carboxylic acids is 4. The Bertz CT molecular complexity index is 879. The number of fused-ring (bicyclic) bond motifs is 2. The molecule has 0 aliphatic carbocycles. The van der Waals surface area contributed by atoms with E-state index < -0.39 is 17.5 Å². The maximum absolute atomic E-state index is 13.2. The summed E-state index contributed by atoms with van der Waals surface area (Å²) >= 11 is 0. The van der Waals surface area contributed by atoms with Crippen LogP contribution in [-0.4, -0.2) is 66.5 Å². The highest BCUT2D eigenvalue weighted by Crippen LogP contribution is 2.40. The van der Waals surface area contributed by atoms with E-state index in [4.69, 9.17) is 9.47 Å². The lowest BCUT2D eigenvalue weighted by atomic mass is 9.84. The number of hydrogen-bond acceptors (Lipinski definition) is 6. The fourth-order valence-corrected chi connectivity index (χ4v) is 4.38. The van der Waals surface area contributed by atoms with Crippen molar-refractivity contribution in [2.45, 2.75) is 31.7 Å². The van der Waals surface area contributed by atoms with Gasteiger partial charge in [-0.2, -0.15) is 0 Å². The van der Waals surface area contributed by atoms with Crippen molar-refractivity contribution >= 4 is 23.8 Å². The zero-order valence-corrected chi connectivity index (χ0v) is 16.9. The number of imide groups is 1. The highest BCUT2D eigenvalue weighted by Gasteiger charge is 2.55. The van der Waals surface area contributed by atoms with Crippen LogP contribution in [0.3, 0.4) is 0 Å². The Balaban J connectivity index is 1.43. The van der Waals surface area contributed by atoms with Crippen LogP contribution in [0.5, 0.6) is 5.75 Å². The third kappa shape index (κ3) is 3.38. The molecular formula is C21H25N3O6. The summed E-state index contributed by atoms with van der Waals surface area (Å²) in [6.45, 7) is 2.87. The molecule has 9 nitrogen and oxygen atoms in total. The molecule has 30 heavy (non-hydrogen) atoms. The highest BCUT2D eigenvalue weighted by molar-refractivity contribution is 6.09. The van der Waals surface area contributed by atoms with Gasteiger partial charge in [-0.25, -0.2) is 4.79 Å². The number of nitrogens with one attached hydrogen (secondary N) is 1. The first kappa shape index (κ1) is 20.2. The number of amides is 4. The monoisotopic (exact) mass is 415 g/mol. The van der Waals surface area contributed by atoms with Gasteiger partial charge in [0.1, 0.15) is 12.3 Å². The van der Waals surface area contributed by atoms with Gasteiger partial charge in [-0.3, -0.25) is 19.3 Å². The number of ether oxygens (including phenoxy) is 2. The van der Waals surface area contributed by atoms with E-state index in [-0.39, 0.29) is 24.3 Å². The van der Waals surface area contributed by atoms with Crippen LogP contribution in [0.1, 0.15) is 31.7 Å². The topological polar surface area (TPSA) is 105 Å². The molecule has 1 unspecified atom stereocenters. The minimum atomic E-state index is -1.19. The van der Waals surface area contributed by atoms with Gasteiger partial charge in [0.05, 0.1) is 19.1 Å². The van der Waals surface area contributed by atoms with Crippen molar-refractivity contribution in [2.24, 2.45) is 5.92 Å². The van der Waals surface area contributed by atoms with Gasteiger partial charge in [0.2, 0.25) is 5.91 Å². The fraction of sp³-hybridized carbons (Fsp3) is 0.524. The Morgan fingerprint density at radius 1 is 1.23 bits per heavy atom. The number of urea groups is 1. The van der Waals surface area contributed by atoms with Crippen LogP contribution < -0.4 is 10.1 Å². The van der Waals surface area contributed by atoms with Crippen LogP contribution in [-0.2, 0) is 24.7 Å². The summed E-state index contributed by atoms with van der Waals surface area (Å²) < 4.78 is 10.7. The van der Waals surface area contributed by atoms with Crippen molar-refractivity contribution < 1.29 is 28.7 Å². The van der Waals surface area contributed by atoms with Gasteiger partial charge in [0, 0.05) is 25.1 Å². The molecule has 0 aromatic heterocycles. The first-order valence-electron chi connectivity index (χ1n) is 10.3. The van der Waals surface area contributed by atoms with E-state index in [9.17, 15) is 19.2 Å². The Kier molecular flexibility index (Phi) is 5.36. The van der Waals surface area contributed by atoms with E-state index in [1.165, 1.54) is 0 Å². The molecule has 4 rings (SSSR count). The lowest BCUT2D eigenvalue weighted by Crippen LogP contribution is -2.49. The van der Waals surface area contributed by atoms with E-state index >= 15 is 0 Å². The van der Waals surface area contributed by atoms with Crippen molar-refractivity contribution in [3.8, 4) is 5.75 Å². The van der Waals surface area contributed by atoms with Crippen molar-refractivity contribution in [2.75, 3.05) is 32.8 Å². The van der Waals surface area contributed by atoms with Gasteiger partial charge in [-0.05, 0) is 25.8 Å². The Labute approximate surface area is 174 Å². The first-order valence-corrected chi connectivity index (χ1v) is 10.3. The molecule has 160 valence electrons. The maximum atomic E-state index is 13.2. The van der Waals surface area contributed by atoms with Crippen LogP contribution in [0.4, 0.5) is 4.79 Å². The van der Waals surface area contributed by atoms with Crippen molar-refractivity contribution in [1.82, 2.24) is 15.1 Å². The minimum absolute atomic E-state index is 0.215. The molecule has 3 aliphatic heterocycles. The Morgan fingerprint density at radius 3 is 2.70 bits per heavy atom. The number of para-hydroxylation sites is 1. The largest absolute Gasteiger partial charge is 0.493 e. The van der Waals surface area contributed by atoms with E-state index in [0.717, 1.165) is 4.90 Å². The zero-order valence-electron chi connectivity index (χ0n) is 16.9. The van der Waals surface area contributed by atoms with E-state index in [1.54, 1.807) is 36.1 Å². The summed E-state index contributed by atoms with van der Waals surface area (Å²) in [5.74, 6) is -0.630. The zero-order chi connectivity index (χ0) is 21.3. The smallest absolute Gasteiger partial charge is 0.325 e. The number of likely N-dealkylation sites (tertiary alicyclic amines) is 1. The van der Waals surface area contributed by atoms with Crippen LogP contribution >= 0.6 is 0 Å². The van der Waals surface area contributed by atoms with E-state index in [1.807, 2.05) is 0 Å². The summed E-state index contributed by atoms with van der Waals surface area (Å²) in [4.78, 5) is 53.1. The lowest BCUT2D eigenvalue weighted by molar-refractivity contribution is -0.151. The molecule has 1 aromatic rings. The van der Waals surface area contributed by atoms with E-state index in [2.05, 4.69) is 5.32 Å². The quantitative estimate of drug-likeness (QED) is 0.581. The van der Waals surface area contributed by atoms with Gasteiger partial charge in [-0.1, -0.05) is 18.2 Å². The maximum Gasteiger partial charge on any atom is 0.325 e. The third-order valence-electron chi connectivity index (χ3n) is 6.02. The molecule has 9 heteroatoms. The minimum Gasteiger partial charge on any atom is -0.493 e. The van der Waals surface area contributed by atoms with Crippen LogP contribution in [0.2, 0.25) is 0 Å².